The maximum Gasteiger partial charge on any atom is 0.243 e. The van der Waals surface area contributed by atoms with Crippen molar-refractivity contribution >= 4 is 27.5 Å². The first-order valence-electron chi connectivity index (χ1n) is 9.59. The zero-order chi connectivity index (χ0) is 22.3. The van der Waals surface area contributed by atoms with Crippen LogP contribution >= 0.6 is 11.6 Å². The lowest BCUT2D eigenvalue weighted by molar-refractivity contribution is -0.121. The Balaban J connectivity index is 2.15. The maximum absolute atomic E-state index is 13.0. The van der Waals surface area contributed by atoms with E-state index >= 15 is 0 Å². The predicted octanol–water partition coefficient (Wildman–Crippen LogP) is 3.64. The molecule has 1 atom stereocenters. The molecule has 0 fully saturated rings. The molecule has 1 N–H and O–H groups in total. The number of para-hydroxylation sites is 1. The van der Waals surface area contributed by atoms with Gasteiger partial charge in [0.25, 0.3) is 0 Å². The number of hydrogen-bond donors (Lipinski definition) is 1. The minimum Gasteiger partial charge on any atom is -0.496 e. The minimum absolute atomic E-state index is 0.00313. The molecule has 0 bridgehead atoms. The number of carbonyl (C=O) groups is 1. The maximum atomic E-state index is 13.0. The highest BCUT2D eigenvalue weighted by molar-refractivity contribution is 7.89. The van der Waals surface area contributed by atoms with Gasteiger partial charge in [-0.25, -0.2) is 8.42 Å². The fourth-order valence-corrected chi connectivity index (χ4v) is 4.71. The Morgan fingerprint density at radius 1 is 1.17 bits per heavy atom. The summed E-state index contributed by atoms with van der Waals surface area (Å²) in [6, 6.07) is 11.2. The first-order chi connectivity index (χ1) is 14.2. The van der Waals surface area contributed by atoms with Crippen LogP contribution in [0, 0.1) is 0 Å². The molecule has 0 radical (unpaired) electrons. The summed E-state index contributed by atoms with van der Waals surface area (Å²) in [5.74, 6) is 0.634. The van der Waals surface area contributed by atoms with Crippen molar-refractivity contribution in [1.82, 2.24) is 9.62 Å². The number of ether oxygens (including phenoxy) is 2. The second-order valence-electron chi connectivity index (χ2n) is 6.49. The van der Waals surface area contributed by atoms with Crippen LogP contribution in [0.3, 0.4) is 0 Å². The lowest BCUT2D eigenvalue weighted by atomic mass is 10.1. The Hall–Kier alpha value is -2.29. The average molecular weight is 455 g/mol. The molecule has 0 heterocycles. The van der Waals surface area contributed by atoms with Crippen molar-refractivity contribution in [2.75, 3.05) is 26.8 Å². The van der Waals surface area contributed by atoms with Gasteiger partial charge in [0.15, 0.2) is 0 Å². The van der Waals surface area contributed by atoms with E-state index in [9.17, 15) is 13.2 Å². The van der Waals surface area contributed by atoms with Gasteiger partial charge >= 0.3 is 0 Å². The Kier molecular flexibility index (Phi) is 8.52. The highest BCUT2D eigenvalue weighted by Gasteiger charge is 2.27. The van der Waals surface area contributed by atoms with Gasteiger partial charge in [-0.1, -0.05) is 36.7 Å². The number of amides is 1. The molecular formula is C21H27ClN2O5S. The van der Waals surface area contributed by atoms with E-state index in [4.69, 9.17) is 21.1 Å². The molecule has 2 aromatic carbocycles. The zero-order valence-electron chi connectivity index (χ0n) is 17.5. The van der Waals surface area contributed by atoms with Gasteiger partial charge in [-0.3, -0.25) is 4.79 Å². The van der Waals surface area contributed by atoms with Crippen LogP contribution < -0.4 is 14.8 Å². The lowest BCUT2D eigenvalue weighted by Gasteiger charge is -2.22. The summed E-state index contributed by atoms with van der Waals surface area (Å²) in [5, 5.41) is 3.02. The van der Waals surface area contributed by atoms with E-state index in [0.717, 1.165) is 9.87 Å². The molecule has 0 aliphatic heterocycles. The molecule has 0 spiro atoms. The van der Waals surface area contributed by atoms with Crippen molar-refractivity contribution in [2.24, 2.45) is 0 Å². The van der Waals surface area contributed by atoms with Crippen molar-refractivity contribution < 1.29 is 22.7 Å². The van der Waals surface area contributed by atoms with Crippen LogP contribution in [0.2, 0.25) is 5.02 Å². The van der Waals surface area contributed by atoms with Crippen LogP contribution in [0.25, 0.3) is 0 Å². The number of likely N-dealkylation sites (N-methyl/N-ethyl adjacent to an activating group) is 1. The third kappa shape index (κ3) is 5.65. The van der Waals surface area contributed by atoms with Crippen LogP contribution in [0.4, 0.5) is 0 Å². The largest absolute Gasteiger partial charge is 0.496 e. The van der Waals surface area contributed by atoms with Gasteiger partial charge in [0.1, 0.15) is 11.5 Å². The van der Waals surface area contributed by atoms with Crippen LogP contribution in [0.1, 0.15) is 32.4 Å². The minimum atomic E-state index is -3.91. The third-order valence-corrected chi connectivity index (χ3v) is 6.71. The number of benzene rings is 2. The smallest absolute Gasteiger partial charge is 0.243 e. The topological polar surface area (TPSA) is 84.9 Å². The third-order valence-electron chi connectivity index (χ3n) is 4.50. The van der Waals surface area contributed by atoms with Crippen molar-refractivity contribution in [3.63, 3.8) is 0 Å². The molecule has 2 rings (SSSR count). The standard InChI is InChI=1S/C21H27ClN2O5S/c1-5-24(30(26,27)16-11-12-20(29-6-2)18(22)13-16)14-21(25)23-15(3)17-9-7-8-10-19(17)28-4/h7-13,15H,5-6,14H2,1-4H3,(H,23,25). The summed E-state index contributed by atoms with van der Waals surface area (Å²) in [6.45, 7) is 5.52. The molecule has 164 valence electrons. The van der Waals surface area contributed by atoms with Crippen LogP contribution in [-0.2, 0) is 14.8 Å². The van der Waals surface area contributed by atoms with Gasteiger partial charge in [-0.2, -0.15) is 4.31 Å². The van der Waals surface area contributed by atoms with Gasteiger partial charge in [0, 0.05) is 12.1 Å². The number of rotatable bonds is 10. The SMILES string of the molecule is CCOc1ccc(S(=O)(=O)N(CC)CC(=O)NC(C)c2ccccc2OC)cc1Cl. The molecule has 1 unspecified atom stereocenters. The highest BCUT2D eigenvalue weighted by Crippen LogP contribution is 2.29. The van der Waals surface area contributed by atoms with Crippen molar-refractivity contribution in [3.05, 3.63) is 53.1 Å². The molecule has 0 aliphatic carbocycles. The highest BCUT2D eigenvalue weighted by atomic mass is 35.5. The molecule has 0 saturated carbocycles. The van der Waals surface area contributed by atoms with Crippen LogP contribution in [-0.4, -0.2) is 45.4 Å². The van der Waals surface area contributed by atoms with Gasteiger partial charge in [-0.05, 0) is 38.1 Å². The van der Waals surface area contributed by atoms with Gasteiger partial charge < -0.3 is 14.8 Å². The molecule has 0 aromatic heterocycles. The quantitative estimate of drug-likeness (QED) is 0.592. The van der Waals surface area contributed by atoms with E-state index in [1.807, 2.05) is 32.0 Å². The molecule has 9 heteroatoms. The summed E-state index contributed by atoms with van der Waals surface area (Å²) in [4.78, 5) is 12.6. The fourth-order valence-electron chi connectivity index (χ4n) is 2.98. The van der Waals surface area contributed by atoms with Gasteiger partial charge in [0.2, 0.25) is 15.9 Å². The fraction of sp³-hybridized carbons (Fsp3) is 0.381. The summed E-state index contributed by atoms with van der Waals surface area (Å²) in [7, 11) is -2.35. The van der Waals surface area contributed by atoms with E-state index < -0.39 is 15.9 Å². The predicted molar refractivity (Wildman–Crippen MR) is 117 cm³/mol. The summed E-state index contributed by atoms with van der Waals surface area (Å²) < 4.78 is 37.8. The Morgan fingerprint density at radius 2 is 1.87 bits per heavy atom. The van der Waals surface area contributed by atoms with Crippen molar-refractivity contribution in [3.8, 4) is 11.5 Å². The Bertz CT molecular complexity index is 981. The number of carbonyl (C=O) groups excluding carboxylic acids is 1. The van der Waals surface area contributed by atoms with Crippen LogP contribution in [0.15, 0.2) is 47.4 Å². The van der Waals surface area contributed by atoms with Crippen LogP contribution in [0.5, 0.6) is 11.5 Å². The number of nitrogens with one attached hydrogen (secondary N) is 1. The van der Waals surface area contributed by atoms with E-state index in [0.29, 0.717) is 18.1 Å². The number of halogens is 1. The van der Waals surface area contributed by atoms with Gasteiger partial charge in [-0.15, -0.1) is 0 Å². The van der Waals surface area contributed by atoms with E-state index in [1.54, 1.807) is 20.1 Å². The zero-order valence-corrected chi connectivity index (χ0v) is 19.1. The monoisotopic (exact) mass is 454 g/mol. The number of hydrogen-bond acceptors (Lipinski definition) is 5. The lowest BCUT2D eigenvalue weighted by Crippen LogP contribution is -2.41. The first kappa shape index (κ1) is 24.0. The van der Waals surface area contributed by atoms with Crippen molar-refractivity contribution in [1.29, 1.82) is 0 Å². The Morgan fingerprint density at radius 3 is 2.47 bits per heavy atom. The van der Waals surface area contributed by atoms with Gasteiger partial charge in [0.05, 0.1) is 36.2 Å². The number of sulfonamides is 1. The Labute approximate surface area is 183 Å². The molecule has 0 aliphatic rings. The van der Waals surface area contributed by atoms with E-state index in [1.165, 1.54) is 18.2 Å². The molecule has 1 amide bonds. The summed E-state index contributed by atoms with van der Waals surface area (Å²) in [5.41, 5.74) is 0.803. The average Bonchev–Trinajstić information content (AvgIpc) is 2.73. The molecule has 30 heavy (non-hydrogen) atoms. The van der Waals surface area contributed by atoms with E-state index in [-0.39, 0.29) is 29.0 Å². The number of methoxy groups -OCH3 is 1. The molecule has 2 aromatic rings. The second kappa shape index (κ2) is 10.7. The normalized spacial score (nSPS) is 12.5. The van der Waals surface area contributed by atoms with Crippen molar-refractivity contribution in [2.45, 2.75) is 31.7 Å². The summed E-state index contributed by atoms with van der Waals surface area (Å²) in [6.07, 6.45) is 0. The second-order valence-corrected chi connectivity index (χ2v) is 8.83. The molecular weight excluding hydrogens is 428 g/mol. The first-order valence-corrected chi connectivity index (χ1v) is 11.4. The summed E-state index contributed by atoms with van der Waals surface area (Å²) >= 11 is 6.13. The number of nitrogens with zero attached hydrogens (tertiary/aromatic N) is 1. The van der Waals surface area contributed by atoms with E-state index in [2.05, 4.69) is 5.32 Å². The molecule has 0 saturated heterocycles. The molecule has 7 nitrogen and oxygen atoms in total.